The first-order valence-electron chi connectivity index (χ1n) is 4.50. The molecule has 0 aliphatic carbocycles. The van der Waals surface area contributed by atoms with Crippen molar-refractivity contribution < 1.29 is 10.2 Å². The number of rotatable bonds is 2. The highest BCUT2D eigenvalue weighted by molar-refractivity contribution is 7.10. The maximum absolute atomic E-state index is 9.64. The van der Waals surface area contributed by atoms with Gasteiger partial charge in [0, 0.05) is 10.4 Å². The summed E-state index contributed by atoms with van der Waals surface area (Å²) in [4.78, 5) is 0.955. The van der Waals surface area contributed by atoms with E-state index in [0.717, 1.165) is 4.88 Å². The van der Waals surface area contributed by atoms with Gasteiger partial charge in [-0.1, -0.05) is 18.2 Å². The standard InChI is InChI=1S/C11H11NO2S.ClH/c12-10(9-5-2-6-15-9)7-3-1-4-8(13)11(7)14;/h1-6,10,13-14H,12H2;1H/t10-;/m0./s1. The van der Waals surface area contributed by atoms with Crippen LogP contribution in [-0.2, 0) is 0 Å². The molecule has 0 bridgehead atoms. The number of para-hydroxylation sites is 1. The minimum atomic E-state index is -0.392. The first-order valence-corrected chi connectivity index (χ1v) is 5.38. The van der Waals surface area contributed by atoms with Crippen molar-refractivity contribution >= 4 is 23.7 Å². The average Bonchev–Trinajstić information content (AvgIpc) is 2.74. The number of aromatic hydroxyl groups is 2. The smallest absolute Gasteiger partial charge is 0.162 e. The zero-order valence-corrected chi connectivity index (χ0v) is 9.96. The largest absolute Gasteiger partial charge is 0.504 e. The third kappa shape index (κ3) is 2.29. The van der Waals surface area contributed by atoms with Crippen LogP contribution in [0.4, 0.5) is 0 Å². The Morgan fingerprint density at radius 1 is 1.12 bits per heavy atom. The van der Waals surface area contributed by atoms with Gasteiger partial charge in [-0.05, 0) is 17.5 Å². The molecule has 3 nitrogen and oxygen atoms in total. The molecule has 0 spiro atoms. The molecular formula is C11H12ClNO2S. The van der Waals surface area contributed by atoms with Crippen LogP contribution < -0.4 is 5.73 Å². The van der Waals surface area contributed by atoms with Gasteiger partial charge >= 0.3 is 0 Å². The second-order valence-corrected chi connectivity index (χ2v) is 4.19. The fraction of sp³-hybridized carbons (Fsp3) is 0.0909. The molecule has 16 heavy (non-hydrogen) atoms. The number of hydrogen-bond donors (Lipinski definition) is 3. The van der Waals surface area contributed by atoms with Gasteiger partial charge < -0.3 is 15.9 Å². The number of hydrogen-bond acceptors (Lipinski definition) is 4. The second-order valence-electron chi connectivity index (χ2n) is 3.21. The van der Waals surface area contributed by atoms with Gasteiger partial charge in [0.15, 0.2) is 11.5 Å². The number of halogens is 1. The molecule has 2 aromatic rings. The molecule has 5 heteroatoms. The summed E-state index contributed by atoms with van der Waals surface area (Å²) in [5.74, 6) is -0.280. The molecule has 86 valence electrons. The summed E-state index contributed by atoms with van der Waals surface area (Å²) in [5.41, 5.74) is 6.51. The molecule has 0 aliphatic heterocycles. The summed E-state index contributed by atoms with van der Waals surface area (Å²) < 4.78 is 0. The maximum Gasteiger partial charge on any atom is 0.162 e. The van der Waals surface area contributed by atoms with Crippen molar-refractivity contribution in [3.05, 3.63) is 46.2 Å². The van der Waals surface area contributed by atoms with Crippen LogP contribution in [0.5, 0.6) is 11.5 Å². The van der Waals surface area contributed by atoms with E-state index in [1.54, 1.807) is 12.1 Å². The SMILES string of the molecule is Cl.N[C@H](c1cccs1)c1cccc(O)c1O. The summed E-state index contributed by atoms with van der Waals surface area (Å²) in [6, 6.07) is 8.22. The van der Waals surface area contributed by atoms with Gasteiger partial charge in [-0.25, -0.2) is 0 Å². The van der Waals surface area contributed by atoms with E-state index in [2.05, 4.69) is 0 Å². The third-order valence-corrected chi connectivity index (χ3v) is 3.19. The highest BCUT2D eigenvalue weighted by Gasteiger charge is 2.15. The van der Waals surface area contributed by atoms with Crippen molar-refractivity contribution in [2.24, 2.45) is 5.73 Å². The van der Waals surface area contributed by atoms with E-state index < -0.39 is 6.04 Å². The lowest BCUT2D eigenvalue weighted by Gasteiger charge is -2.12. The zero-order chi connectivity index (χ0) is 10.8. The van der Waals surface area contributed by atoms with E-state index in [-0.39, 0.29) is 23.9 Å². The van der Waals surface area contributed by atoms with Crippen LogP contribution in [0, 0.1) is 0 Å². The predicted octanol–water partition coefficient (Wildman–Crippen LogP) is 2.63. The molecule has 1 aromatic carbocycles. The summed E-state index contributed by atoms with van der Waals surface area (Å²) in [5, 5.41) is 20.9. The maximum atomic E-state index is 9.64. The molecule has 0 saturated carbocycles. The van der Waals surface area contributed by atoms with Crippen LogP contribution in [-0.4, -0.2) is 10.2 Å². The number of nitrogens with two attached hydrogens (primary N) is 1. The molecule has 1 atom stereocenters. The van der Waals surface area contributed by atoms with E-state index in [1.807, 2.05) is 17.5 Å². The van der Waals surface area contributed by atoms with Crippen LogP contribution in [0.1, 0.15) is 16.5 Å². The quantitative estimate of drug-likeness (QED) is 0.725. The highest BCUT2D eigenvalue weighted by Crippen LogP contribution is 2.35. The van der Waals surface area contributed by atoms with E-state index in [9.17, 15) is 10.2 Å². The Morgan fingerprint density at radius 3 is 2.50 bits per heavy atom. The molecule has 0 aliphatic rings. The molecule has 0 amide bonds. The molecule has 0 saturated heterocycles. The lowest BCUT2D eigenvalue weighted by molar-refractivity contribution is 0.398. The van der Waals surface area contributed by atoms with Gasteiger partial charge in [-0.3, -0.25) is 0 Å². The van der Waals surface area contributed by atoms with Crippen molar-refractivity contribution in [3.8, 4) is 11.5 Å². The summed E-state index contributed by atoms with van der Waals surface area (Å²) >= 11 is 1.52. The molecular weight excluding hydrogens is 246 g/mol. The van der Waals surface area contributed by atoms with Gasteiger partial charge in [0.25, 0.3) is 0 Å². The first kappa shape index (κ1) is 12.8. The Kier molecular flexibility index (Phi) is 4.18. The van der Waals surface area contributed by atoms with Gasteiger partial charge in [-0.15, -0.1) is 23.7 Å². The molecule has 2 rings (SSSR count). The normalized spacial score (nSPS) is 11.8. The molecule has 0 unspecified atom stereocenters. The van der Waals surface area contributed by atoms with Gasteiger partial charge in [-0.2, -0.15) is 0 Å². The molecule has 0 radical (unpaired) electrons. The van der Waals surface area contributed by atoms with E-state index >= 15 is 0 Å². The Bertz CT molecular complexity index is 459. The molecule has 0 fully saturated rings. The number of benzene rings is 1. The lowest BCUT2D eigenvalue weighted by atomic mass is 10.0. The van der Waals surface area contributed by atoms with Crippen LogP contribution in [0.25, 0.3) is 0 Å². The predicted molar refractivity (Wildman–Crippen MR) is 67.4 cm³/mol. The third-order valence-electron chi connectivity index (χ3n) is 2.23. The highest BCUT2D eigenvalue weighted by atomic mass is 35.5. The van der Waals surface area contributed by atoms with E-state index in [0.29, 0.717) is 5.56 Å². The Balaban J connectivity index is 0.00000128. The fourth-order valence-electron chi connectivity index (χ4n) is 1.42. The van der Waals surface area contributed by atoms with Gasteiger partial charge in [0.05, 0.1) is 6.04 Å². The molecule has 4 N–H and O–H groups in total. The van der Waals surface area contributed by atoms with Crippen molar-refractivity contribution in [3.63, 3.8) is 0 Å². The summed E-state index contributed by atoms with van der Waals surface area (Å²) in [7, 11) is 0. The Morgan fingerprint density at radius 2 is 1.88 bits per heavy atom. The van der Waals surface area contributed by atoms with Crippen molar-refractivity contribution in [1.29, 1.82) is 0 Å². The second kappa shape index (κ2) is 5.21. The number of phenolic OH excluding ortho intramolecular Hbond substituents is 2. The topological polar surface area (TPSA) is 66.5 Å². The average molecular weight is 258 g/mol. The number of thiophene rings is 1. The molecule has 1 heterocycles. The van der Waals surface area contributed by atoms with Crippen LogP contribution >= 0.6 is 23.7 Å². The van der Waals surface area contributed by atoms with Crippen LogP contribution in [0.3, 0.4) is 0 Å². The minimum Gasteiger partial charge on any atom is -0.504 e. The van der Waals surface area contributed by atoms with Crippen molar-refractivity contribution in [2.45, 2.75) is 6.04 Å². The van der Waals surface area contributed by atoms with Crippen LogP contribution in [0.15, 0.2) is 35.7 Å². The fourth-order valence-corrected chi connectivity index (χ4v) is 2.17. The van der Waals surface area contributed by atoms with E-state index in [1.165, 1.54) is 17.4 Å². The minimum absolute atomic E-state index is 0. The Hall–Kier alpha value is -1.23. The summed E-state index contributed by atoms with van der Waals surface area (Å²) in [6.45, 7) is 0. The van der Waals surface area contributed by atoms with Crippen molar-refractivity contribution in [1.82, 2.24) is 0 Å². The van der Waals surface area contributed by atoms with Crippen molar-refractivity contribution in [2.75, 3.05) is 0 Å². The number of phenols is 2. The molecule has 1 aromatic heterocycles. The lowest BCUT2D eigenvalue weighted by Crippen LogP contribution is -2.10. The monoisotopic (exact) mass is 257 g/mol. The first-order chi connectivity index (χ1) is 7.20. The van der Waals surface area contributed by atoms with Gasteiger partial charge in [0.1, 0.15) is 0 Å². The van der Waals surface area contributed by atoms with Gasteiger partial charge in [0.2, 0.25) is 0 Å². The van der Waals surface area contributed by atoms with Crippen LogP contribution in [0.2, 0.25) is 0 Å². The Labute approximate surface area is 104 Å². The summed E-state index contributed by atoms with van der Waals surface area (Å²) in [6.07, 6.45) is 0. The zero-order valence-electron chi connectivity index (χ0n) is 8.33. The van der Waals surface area contributed by atoms with E-state index in [4.69, 9.17) is 5.73 Å².